The van der Waals surface area contributed by atoms with E-state index >= 15 is 0 Å². The smallest absolute Gasteiger partial charge is 0.302 e. The molecule has 2 aromatic carbocycles. The van der Waals surface area contributed by atoms with Crippen molar-refractivity contribution in [2.45, 2.75) is 6.92 Å². The number of carbonyl (C=O) groups excluding carboxylic acids is 2. The van der Waals surface area contributed by atoms with Crippen LogP contribution in [0.15, 0.2) is 54.1 Å². The standard InChI is InChI=1S/C18H14Cl2O3/c1-12(21)23-11-15(10-13-2-6-16(19)7-3-13)18(22)14-4-8-17(20)9-5-14/h2-10H,11H2,1H3/b15-10+. The van der Waals surface area contributed by atoms with E-state index in [9.17, 15) is 9.59 Å². The number of halogens is 2. The normalized spacial score (nSPS) is 11.2. The van der Waals surface area contributed by atoms with Gasteiger partial charge in [-0.3, -0.25) is 9.59 Å². The largest absolute Gasteiger partial charge is 0.461 e. The molecular weight excluding hydrogens is 335 g/mol. The van der Waals surface area contributed by atoms with Crippen LogP contribution in [-0.2, 0) is 9.53 Å². The zero-order chi connectivity index (χ0) is 16.8. The maximum atomic E-state index is 12.6. The molecule has 3 nitrogen and oxygen atoms in total. The Bertz CT molecular complexity index is 732. The van der Waals surface area contributed by atoms with Gasteiger partial charge < -0.3 is 4.74 Å². The van der Waals surface area contributed by atoms with E-state index in [1.54, 1.807) is 54.6 Å². The Kier molecular flexibility index (Phi) is 5.97. The van der Waals surface area contributed by atoms with Gasteiger partial charge in [-0.15, -0.1) is 0 Å². The summed E-state index contributed by atoms with van der Waals surface area (Å²) in [4.78, 5) is 23.7. The summed E-state index contributed by atoms with van der Waals surface area (Å²) in [5, 5.41) is 1.15. The summed E-state index contributed by atoms with van der Waals surface area (Å²) in [5.41, 5.74) is 1.63. The quantitative estimate of drug-likeness (QED) is 0.441. The van der Waals surface area contributed by atoms with E-state index in [0.29, 0.717) is 21.2 Å². The van der Waals surface area contributed by atoms with E-state index in [1.165, 1.54) is 6.92 Å². The summed E-state index contributed by atoms with van der Waals surface area (Å²) in [7, 11) is 0. The minimum Gasteiger partial charge on any atom is -0.461 e. The monoisotopic (exact) mass is 348 g/mol. The van der Waals surface area contributed by atoms with Crippen molar-refractivity contribution in [1.82, 2.24) is 0 Å². The second-order valence-corrected chi connectivity index (χ2v) is 5.71. The average Bonchev–Trinajstić information content (AvgIpc) is 2.53. The van der Waals surface area contributed by atoms with Gasteiger partial charge in [-0.2, -0.15) is 0 Å². The molecule has 0 radical (unpaired) electrons. The Balaban J connectivity index is 2.32. The Hall–Kier alpha value is -2.10. The van der Waals surface area contributed by atoms with E-state index in [0.717, 1.165) is 5.56 Å². The van der Waals surface area contributed by atoms with Crippen molar-refractivity contribution in [3.05, 3.63) is 75.3 Å². The molecule has 5 heteroatoms. The van der Waals surface area contributed by atoms with Gasteiger partial charge in [-0.25, -0.2) is 0 Å². The summed E-state index contributed by atoms with van der Waals surface area (Å²) in [6.07, 6.45) is 1.68. The lowest BCUT2D eigenvalue weighted by Crippen LogP contribution is -2.12. The molecule has 0 fully saturated rings. The van der Waals surface area contributed by atoms with Crippen LogP contribution in [0, 0.1) is 0 Å². The predicted molar refractivity (Wildman–Crippen MR) is 91.8 cm³/mol. The first-order valence-corrected chi connectivity index (χ1v) is 7.61. The molecular formula is C18H14Cl2O3. The van der Waals surface area contributed by atoms with Crippen LogP contribution in [0.1, 0.15) is 22.8 Å². The highest BCUT2D eigenvalue weighted by atomic mass is 35.5. The fourth-order valence-electron chi connectivity index (χ4n) is 1.90. The highest BCUT2D eigenvalue weighted by Crippen LogP contribution is 2.17. The number of carbonyl (C=O) groups is 2. The fraction of sp³-hybridized carbons (Fsp3) is 0.111. The summed E-state index contributed by atoms with van der Waals surface area (Å²) >= 11 is 11.7. The lowest BCUT2D eigenvalue weighted by Gasteiger charge is -2.08. The van der Waals surface area contributed by atoms with E-state index in [2.05, 4.69) is 0 Å². The van der Waals surface area contributed by atoms with Crippen LogP contribution >= 0.6 is 23.2 Å². The number of ketones is 1. The lowest BCUT2D eigenvalue weighted by molar-refractivity contribution is -0.139. The Morgan fingerprint density at radius 3 is 2.00 bits per heavy atom. The zero-order valence-corrected chi connectivity index (χ0v) is 13.9. The lowest BCUT2D eigenvalue weighted by atomic mass is 10.0. The van der Waals surface area contributed by atoms with Crippen LogP contribution in [0.5, 0.6) is 0 Å². The van der Waals surface area contributed by atoms with Crippen LogP contribution < -0.4 is 0 Å². The number of hydrogen-bond donors (Lipinski definition) is 0. The molecule has 0 aliphatic rings. The third-order valence-corrected chi connectivity index (χ3v) is 3.54. The van der Waals surface area contributed by atoms with Crippen molar-refractivity contribution in [1.29, 1.82) is 0 Å². The number of benzene rings is 2. The first kappa shape index (κ1) is 17.3. The molecule has 0 saturated heterocycles. The van der Waals surface area contributed by atoms with E-state index in [-0.39, 0.29) is 12.4 Å². The van der Waals surface area contributed by atoms with Crippen molar-refractivity contribution in [2.24, 2.45) is 0 Å². The van der Waals surface area contributed by atoms with Crippen molar-refractivity contribution in [3.8, 4) is 0 Å². The van der Waals surface area contributed by atoms with Crippen molar-refractivity contribution in [3.63, 3.8) is 0 Å². The van der Waals surface area contributed by atoms with Gasteiger partial charge in [0.05, 0.1) is 0 Å². The Labute approximate surface area is 144 Å². The zero-order valence-electron chi connectivity index (χ0n) is 12.4. The summed E-state index contributed by atoms with van der Waals surface area (Å²) < 4.78 is 4.99. The molecule has 0 N–H and O–H groups in total. The number of Topliss-reactive ketones (excluding diaryl/α,β-unsaturated/α-hetero) is 1. The molecule has 0 aliphatic carbocycles. The van der Waals surface area contributed by atoms with Gasteiger partial charge in [0.1, 0.15) is 6.61 Å². The van der Waals surface area contributed by atoms with Crippen LogP contribution in [0.25, 0.3) is 6.08 Å². The first-order chi connectivity index (χ1) is 11.0. The van der Waals surface area contributed by atoms with E-state index < -0.39 is 5.97 Å². The van der Waals surface area contributed by atoms with Crippen molar-refractivity contribution >= 4 is 41.0 Å². The molecule has 0 aliphatic heterocycles. The summed E-state index contributed by atoms with van der Waals surface area (Å²) in [6.45, 7) is 1.20. The number of ether oxygens (including phenoxy) is 1. The highest BCUT2D eigenvalue weighted by Gasteiger charge is 2.14. The van der Waals surface area contributed by atoms with Gasteiger partial charge in [0.15, 0.2) is 5.78 Å². The third-order valence-electron chi connectivity index (χ3n) is 3.04. The molecule has 0 bridgehead atoms. The van der Waals surface area contributed by atoms with Gasteiger partial charge in [0.25, 0.3) is 0 Å². The topological polar surface area (TPSA) is 43.4 Å². The SMILES string of the molecule is CC(=O)OC/C(=C\c1ccc(Cl)cc1)C(=O)c1ccc(Cl)cc1. The molecule has 0 saturated carbocycles. The van der Waals surface area contributed by atoms with Crippen molar-refractivity contribution < 1.29 is 14.3 Å². The Morgan fingerprint density at radius 1 is 0.957 bits per heavy atom. The van der Waals surface area contributed by atoms with Gasteiger partial charge in [-0.05, 0) is 48.0 Å². The van der Waals surface area contributed by atoms with Crippen LogP contribution in [0.2, 0.25) is 10.0 Å². The molecule has 0 aromatic heterocycles. The molecule has 0 unspecified atom stereocenters. The van der Waals surface area contributed by atoms with Gasteiger partial charge in [-0.1, -0.05) is 35.3 Å². The molecule has 0 atom stereocenters. The third kappa shape index (κ3) is 5.23. The summed E-state index contributed by atoms with van der Waals surface area (Å²) in [5.74, 6) is -0.672. The average molecular weight is 349 g/mol. The second kappa shape index (κ2) is 7.95. The second-order valence-electron chi connectivity index (χ2n) is 4.84. The molecule has 2 rings (SSSR count). The predicted octanol–water partition coefficient (Wildman–Crippen LogP) is 4.82. The fourth-order valence-corrected chi connectivity index (χ4v) is 2.15. The van der Waals surface area contributed by atoms with Crippen LogP contribution in [0.3, 0.4) is 0 Å². The van der Waals surface area contributed by atoms with Crippen LogP contribution in [-0.4, -0.2) is 18.4 Å². The number of rotatable bonds is 5. The molecule has 2 aromatic rings. The molecule has 0 amide bonds. The molecule has 0 spiro atoms. The van der Waals surface area contributed by atoms with E-state index in [4.69, 9.17) is 27.9 Å². The Morgan fingerprint density at radius 2 is 1.48 bits per heavy atom. The van der Waals surface area contributed by atoms with Crippen LogP contribution in [0.4, 0.5) is 0 Å². The maximum Gasteiger partial charge on any atom is 0.302 e. The van der Waals surface area contributed by atoms with Gasteiger partial charge >= 0.3 is 5.97 Å². The number of hydrogen-bond acceptors (Lipinski definition) is 3. The summed E-state index contributed by atoms with van der Waals surface area (Å²) in [6, 6.07) is 13.6. The molecule has 23 heavy (non-hydrogen) atoms. The number of esters is 1. The molecule has 118 valence electrons. The maximum absolute atomic E-state index is 12.6. The molecule has 0 heterocycles. The van der Waals surface area contributed by atoms with Gasteiger partial charge in [0.2, 0.25) is 0 Å². The first-order valence-electron chi connectivity index (χ1n) is 6.85. The van der Waals surface area contributed by atoms with Crippen molar-refractivity contribution in [2.75, 3.05) is 6.61 Å². The highest BCUT2D eigenvalue weighted by molar-refractivity contribution is 6.31. The minimum absolute atomic E-state index is 0.0978. The minimum atomic E-state index is -0.448. The van der Waals surface area contributed by atoms with E-state index in [1.807, 2.05) is 0 Å². The van der Waals surface area contributed by atoms with Gasteiger partial charge in [0, 0.05) is 28.1 Å².